The maximum absolute atomic E-state index is 13.3. The zero-order valence-electron chi connectivity index (χ0n) is 16.8. The molecule has 0 amide bonds. The van der Waals surface area contributed by atoms with Gasteiger partial charge in [-0.3, -0.25) is 9.78 Å². The van der Waals surface area contributed by atoms with Gasteiger partial charge in [0.15, 0.2) is 11.2 Å². The summed E-state index contributed by atoms with van der Waals surface area (Å²) in [5.74, 6) is 1.38. The molecule has 0 atom stereocenters. The maximum atomic E-state index is 13.3. The van der Waals surface area contributed by atoms with Crippen LogP contribution in [0.2, 0.25) is 5.15 Å². The number of nitrogens with one attached hydrogen (secondary N) is 1. The molecule has 0 aliphatic heterocycles. The van der Waals surface area contributed by atoms with Crippen molar-refractivity contribution in [3.05, 3.63) is 87.9 Å². The van der Waals surface area contributed by atoms with Crippen molar-refractivity contribution in [1.82, 2.24) is 19.9 Å². The standard InChI is InChI=1S/C24H17ClN4O2/c1-13-8-16(9-21(25)28-13)17-10-18-23(30)19(15-4-3-7-26-11-15)12-27-24(18)29-22(17)20-6-5-14(2)31-20/h3-12H,1-2H3,(H,27,29,30). The molecule has 0 aliphatic rings. The highest BCUT2D eigenvalue weighted by molar-refractivity contribution is 6.29. The van der Waals surface area contributed by atoms with E-state index in [1.165, 1.54) is 0 Å². The van der Waals surface area contributed by atoms with Gasteiger partial charge < -0.3 is 9.40 Å². The third-order valence-electron chi connectivity index (χ3n) is 5.04. The van der Waals surface area contributed by atoms with Crippen molar-refractivity contribution >= 4 is 22.6 Å². The lowest BCUT2D eigenvalue weighted by Gasteiger charge is -2.11. The summed E-state index contributed by atoms with van der Waals surface area (Å²) in [4.78, 5) is 29.6. The van der Waals surface area contributed by atoms with E-state index in [0.29, 0.717) is 33.2 Å². The second-order valence-electron chi connectivity index (χ2n) is 7.28. The van der Waals surface area contributed by atoms with E-state index >= 15 is 0 Å². The molecule has 5 rings (SSSR count). The van der Waals surface area contributed by atoms with Crippen LogP contribution in [0.4, 0.5) is 0 Å². The van der Waals surface area contributed by atoms with Crippen LogP contribution in [0.25, 0.3) is 44.7 Å². The number of furan rings is 1. The molecule has 0 bridgehead atoms. The second kappa shape index (κ2) is 7.49. The molecule has 0 aliphatic carbocycles. The quantitative estimate of drug-likeness (QED) is 0.379. The average Bonchev–Trinajstić information content (AvgIpc) is 3.19. The summed E-state index contributed by atoms with van der Waals surface area (Å²) in [5, 5.41) is 0.837. The molecule has 0 radical (unpaired) electrons. The summed E-state index contributed by atoms with van der Waals surface area (Å²) in [5.41, 5.74) is 4.54. The summed E-state index contributed by atoms with van der Waals surface area (Å²) in [6.07, 6.45) is 5.00. The van der Waals surface area contributed by atoms with E-state index in [0.717, 1.165) is 28.1 Å². The molecule has 1 N–H and O–H groups in total. The van der Waals surface area contributed by atoms with Gasteiger partial charge in [-0.2, -0.15) is 0 Å². The van der Waals surface area contributed by atoms with Gasteiger partial charge in [0.25, 0.3) is 0 Å². The van der Waals surface area contributed by atoms with Crippen molar-refractivity contribution in [3.8, 4) is 33.7 Å². The molecule has 0 fully saturated rings. The summed E-state index contributed by atoms with van der Waals surface area (Å²) < 4.78 is 5.85. The van der Waals surface area contributed by atoms with Gasteiger partial charge in [-0.25, -0.2) is 9.97 Å². The Morgan fingerprint density at radius 2 is 1.87 bits per heavy atom. The van der Waals surface area contributed by atoms with Gasteiger partial charge in [-0.05, 0) is 55.8 Å². The molecule has 7 heteroatoms. The SMILES string of the molecule is Cc1cc(-c2cc3c(=O)c(-c4cccnc4)c[nH]c3nc2-c2ccc(C)o2)cc(Cl)n1. The summed E-state index contributed by atoms with van der Waals surface area (Å²) in [7, 11) is 0. The zero-order valence-corrected chi connectivity index (χ0v) is 17.6. The zero-order chi connectivity index (χ0) is 21.5. The Labute approximate surface area is 182 Å². The predicted octanol–water partition coefficient (Wildman–Crippen LogP) is 5.58. The highest BCUT2D eigenvalue weighted by Gasteiger charge is 2.18. The first-order chi connectivity index (χ1) is 15.0. The van der Waals surface area contributed by atoms with Gasteiger partial charge in [-0.15, -0.1) is 0 Å². The van der Waals surface area contributed by atoms with Crippen LogP contribution in [0.3, 0.4) is 0 Å². The van der Waals surface area contributed by atoms with Gasteiger partial charge in [0, 0.05) is 41.0 Å². The fraction of sp³-hybridized carbons (Fsp3) is 0.0833. The number of pyridine rings is 4. The number of rotatable bonds is 3. The number of H-pyrrole nitrogens is 1. The largest absolute Gasteiger partial charge is 0.460 e. The van der Waals surface area contributed by atoms with Crippen LogP contribution in [0, 0.1) is 13.8 Å². The molecule has 0 spiro atoms. The van der Waals surface area contributed by atoms with Crippen molar-refractivity contribution in [3.63, 3.8) is 0 Å². The molecule has 5 aromatic rings. The Morgan fingerprint density at radius 1 is 1.00 bits per heavy atom. The summed E-state index contributed by atoms with van der Waals surface area (Å²) in [6, 6.07) is 12.9. The minimum atomic E-state index is -0.130. The normalized spacial score (nSPS) is 11.2. The van der Waals surface area contributed by atoms with Crippen molar-refractivity contribution in [2.75, 3.05) is 0 Å². The average molecular weight is 429 g/mol. The van der Waals surface area contributed by atoms with Gasteiger partial charge in [0.1, 0.15) is 22.3 Å². The van der Waals surface area contributed by atoms with Crippen LogP contribution in [0.1, 0.15) is 11.5 Å². The minimum absolute atomic E-state index is 0.130. The minimum Gasteiger partial charge on any atom is -0.460 e. The van der Waals surface area contributed by atoms with Crippen molar-refractivity contribution < 1.29 is 4.42 Å². The predicted molar refractivity (Wildman–Crippen MR) is 121 cm³/mol. The topological polar surface area (TPSA) is 84.7 Å². The fourth-order valence-electron chi connectivity index (χ4n) is 3.64. The summed E-state index contributed by atoms with van der Waals surface area (Å²) in [6.45, 7) is 3.74. The van der Waals surface area contributed by atoms with Crippen LogP contribution in [-0.4, -0.2) is 19.9 Å². The van der Waals surface area contributed by atoms with E-state index in [2.05, 4.69) is 15.0 Å². The third kappa shape index (κ3) is 3.51. The van der Waals surface area contributed by atoms with E-state index in [-0.39, 0.29) is 5.43 Å². The Balaban J connectivity index is 1.83. The maximum Gasteiger partial charge on any atom is 0.198 e. The van der Waals surface area contributed by atoms with Crippen molar-refractivity contribution in [1.29, 1.82) is 0 Å². The van der Waals surface area contributed by atoms with Gasteiger partial charge in [0.2, 0.25) is 0 Å². The smallest absolute Gasteiger partial charge is 0.198 e. The molecule has 0 unspecified atom stereocenters. The molecular weight excluding hydrogens is 412 g/mol. The number of halogens is 1. The summed E-state index contributed by atoms with van der Waals surface area (Å²) >= 11 is 6.23. The highest BCUT2D eigenvalue weighted by atomic mass is 35.5. The number of hydrogen-bond donors (Lipinski definition) is 1. The van der Waals surface area contributed by atoms with Crippen LogP contribution >= 0.6 is 11.6 Å². The lowest BCUT2D eigenvalue weighted by atomic mass is 10.00. The Kier molecular flexibility index (Phi) is 4.64. The number of nitrogens with zero attached hydrogens (tertiary/aromatic N) is 3. The number of aromatic nitrogens is 4. The van der Waals surface area contributed by atoms with Gasteiger partial charge in [0.05, 0.1) is 5.39 Å². The van der Waals surface area contributed by atoms with E-state index in [1.807, 2.05) is 44.2 Å². The Bertz CT molecular complexity index is 1470. The molecule has 5 heterocycles. The number of fused-ring (bicyclic) bond motifs is 1. The second-order valence-corrected chi connectivity index (χ2v) is 7.67. The number of aromatic amines is 1. The van der Waals surface area contributed by atoms with Crippen molar-refractivity contribution in [2.45, 2.75) is 13.8 Å². The van der Waals surface area contributed by atoms with Crippen LogP contribution in [-0.2, 0) is 0 Å². The van der Waals surface area contributed by atoms with E-state index < -0.39 is 0 Å². The van der Waals surface area contributed by atoms with Crippen LogP contribution < -0.4 is 5.43 Å². The Hall–Kier alpha value is -3.77. The van der Waals surface area contributed by atoms with Gasteiger partial charge >= 0.3 is 0 Å². The van der Waals surface area contributed by atoms with E-state index in [4.69, 9.17) is 21.0 Å². The lowest BCUT2D eigenvalue weighted by Crippen LogP contribution is -2.08. The fourth-order valence-corrected chi connectivity index (χ4v) is 3.89. The van der Waals surface area contributed by atoms with E-state index in [1.54, 1.807) is 30.7 Å². The van der Waals surface area contributed by atoms with Gasteiger partial charge in [-0.1, -0.05) is 17.7 Å². The molecular formula is C24H17ClN4O2. The molecule has 152 valence electrons. The molecule has 0 saturated carbocycles. The molecule has 0 saturated heterocycles. The number of hydrogen-bond acceptors (Lipinski definition) is 5. The first-order valence-electron chi connectivity index (χ1n) is 9.68. The highest BCUT2D eigenvalue weighted by Crippen LogP contribution is 2.34. The Morgan fingerprint density at radius 3 is 2.58 bits per heavy atom. The van der Waals surface area contributed by atoms with Crippen LogP contribution in [0.15, 0.2) is 70.3 Å². The molecule has 31 heavy (non-hydrogen) atoms. The lowest BCUT2D eigenvalue weighted by molar-refractivity contribution is 0.547. The van der Waals surface area contributed by atoms with Crippen molar-refractivity contribution in [2.24, 2.45) is 0 Å². The number of aryl methyl sites for hydroxylation is 2. The molecule has 6 nitrogen and oxygen atoms in total. The van der Waals surface area contributed by atoms with Crippen LogP contribution in [0.5, 0.6) is 0 Å². The monoisotopic (exact) mass is 428 g/mol. The molecule has 0 aromatic carbocycles. The third-order valence-corrected chi connectivity index (χ3v) is 5.24. The van der Waals surface area contributed by atoms with E-state index in [9.17, 15) is 4.79 Å². The first-order valence-corrected chi connectivity index (χ1v) is 10.1. The first kappa shape index (κ1) is 19.2. The molecule has 5 aromatic heterocycles.